The highest BCUT2D eigenvalue weighted by atomic mass is 16.5. The van der Waals surface area contributed by atoms with E-state index < -0.39 is 0 Å². The molecule has 0 amide bonds. The topological polar surface area (TPSA) is 35.2 Å². The van der Waals surface area contributed by atoms with E-state index in [1.165, 1.54) is 5.39 Å². The van der Waals surface area contributed by atoms with Crippen molar-refractivity contribution in [2.45, 2.75) is 6.42 Å². The zero-order chi connectivity index (χ0) is 12.3. The standard InChI is InChI=1S/C15H17NO/c1-11(9-10-16)12-7-8-15(17-2)14-6-4-3-5-13(12)14/h3-8H,1,9-10,16H2,2H3. The van der Waals surface area contributed by atoms with Crippen LogP contribution in [0, 0.1) is 0 Å². The van der Waals surface area contributed by atoms with Crippen LogP contribution < -0.4 is 10.5 Å². The second-order valence-corrected chi connectivity index (χ2v) is 4.00. The lowest BCUT2D eigenvalue weighted by Crippen LogP contribution is -1.99. The number of rotatable bonds is 4. The van der Waals surface area contributed by atoms with Gasteiger partial charge in [-0.15, -0.1) is 0 Å². The highest BCUT2D eigenvalue weighted by Gasteiger charge is 2.07. The van der Waals surface area contributed by atoms with Crippen molar-refractivity contribution >= 4 is 16.3 Å². The fourth-order valence-electron chi connectivity index (χ4n) is 2.07. The number of benzene rings is 2. The van der Waals surface area contributed by atoms with Crippen molar-refractivity contribution in [2.24, 2.45) is 5.73 Å². The van der Waals surface area contributed by atoms with Gasteiger partial charge in [-0.3, -0.25) is 0 Å². The van der Waals surface area contributed by atoms with Gasteiger partial charge < -0.3 is 10.5 Å². The molecule has 2 N–H and O–H groups in total. The summed E-state index contributed by atoms with van der Waals surface area (Å²) in [7, 11) is 1.69. The second kappa shape index (κ2) is 5.02. The Hall–Kier alpha value is -1.80. The maximum atomic E-state index is 5.58. The van der Waals surface area contributed by atoms with Crippen LogP contribution in [0.5, 0.6) is 5.75 Å². The Morgan fingerprint density at radius 1 is 1.18 bits per heavy atom. The van der Waals surface area contributed by atoms with E-state index in [9.17, 15) is 0 Å². The van der Waals surface area contributed by atoms with Crippen LogP contribution in [0.3, 0.4) is 0 Å². The lowest BCUT2D eigenvalue weighted by atomic mass is 9.97. The third-order valence-electron chi connectivity index (χ3n) is 2.93. The molecule has 0 bridgehead atoms. The predicted molar refractivity (Wildman–Crippen MR) is 73.2 cm³/mol. The Morgan fingerprint density at radius 2 is 1.88 bits per heavy atom. The summed E-state index contributed by atoms with van der Waals surface area (Å²) in [5.41, 5.74) is 7.82. The number of nitrogens with two attached hydrogens (primary N) is 1. The first-order valence-corrected chi connectivity index (χ1v) is 5.72. The molecule has 0 atom stereocenters. The van der Waals surface area contributed by atoms with E-state index in [0.29, 0.717) is 6.54 Å². The minimum absolute atomic E-state index is 0.624. The molecule has 0 heterocycles. The molecule has 0 fully saturated rings. The molecule has 0 unspecified atom stereocenters. The molecule has 2 rings (SSSR count). The summed E-state index contributed by atoms with van der Waals surface area (Å²) in [6, 6.07) is 12.2. The molecule has 2 aromatic rings. The van der Waals surface area contributed by atoms with Gasteiger partial charge in [-0.2, -0.15) is 0 Å². The first-order valence-electron chi connectivity index (χ1n) is 5.72. The normalized spacial score (nSPS) is 10.5. The number of hydrogen-bond acceptors (Lipinski definition) is 2. The van der Waals surface area contributed by atoms with Gasteiger partial charge in [0.05, 0.1) is 7.11 Å². The molecular weight excluding hydrogens is 210 g/mol. The summed E-state index contributed by atoms with van der Waals surface area (Å²) in [4.78, 5) is 0. The Labute approximate surface area is 102 Å². The molecule has 2 heteroatoms. The minimum atomic E-state index is 0.624. The van der Waals surface area contributed by atoms with E-state index in [-0.39, 0.29) is 0 Å². The molecule has 0 aliphatic heterocycles. The van der Waals surface area contributed by atoms with Gasteiger partial charge in [-0.1, -0.05) is 36.9 Å². The Balaban J connectivity index is 2.62. The summed E-state index contributed by atoms with van der Waals surface area (Å²) in [6.45, 7) is 4.72. The summed E-state index contributed by atoms with van der Waals surface area (Å²) in [6.07, 6.45) is 0.816. The van der Waals surface area contributed by atoms with Gasteiger partial charge in [0.25, 0.3) is 0 Å². The van der Waals surface area contributed by atoms with Crippen LogP contribution in [0.15, 0.2) is 43.0 Å². The van der Waals surface area contributed by atoms with Crippen molar-refractivity contribution in [3.8, 4) is 5.75 Å². The van der Waals surface area contributed by atoms with Crippen molar-refractivity contribution in [3.63, 3.8) is 0 Å². The molecule has 17 heavy (non-hydrogen) atoms. The Morgan fingerprint density at radius 3 is 2.53 bits per heavy atom. The van der Waals surface area contributed by atoms with E-state index in [4.69, 9.17) is 10.5 Å². The van der Waals surface area contributed by atoms with Crippen molar-refractivity contribution in [1.29, 1.82) is 0 Å². The maximum Gasteiger partial charge on any atom is 0.126 e. The van der Waals surface area contributed by atoms with Gasteiger partial charge in [-0.25, -0.2) is 0 Å². The van der Waals surface area contributed by atoms with Gasteiger partial charge in [0.2, 0.25) is 0 Å². The molecule has 0 aliphatic carbocycles. The van der Waals surface area contributed by atoms with Gasteiger partial charge in [0, 0.05) is 5.39 Å². The van der Waals surface area contributed by atoms with Crippen LogP contribution in [0.2, 0.25) is 0 Å². The van der Waals surface area contributed by atoms with Gasteiger partial charge in [0.15, 0.2) is 0 Å². The van der Waals surface area contributed by atoms with Crippen LogP contribution >= 0.6 is 0 Å². The number of fused-ring (bicyclic) bond motifs is 1. The van der Waals surface area contributed by atoms with Crippen LogP contribution in [-0.4, -0.2) is 13.7 Å². The Kier molecular flexibility index (Phi) is 3.45. The highest BCUT2D eigenvalue weighted by Crippen LogP contribution is 2.32. The van der Waals surface area contributed by atoms with Crippen molar-refractivity contribution < 1.29 is 4.74 Å². The summed E-state index contributed by atoms with van der Waals surface area (Å²) in [5, 5.41) is 2.29. The first-order chi connectivity index (χ1) is 8.27. The second-order valence-electron chi connectivity index (χ2n) is 4.00. The quantitative estimate of drug-likeness (QED) is 0.870. The van der Waals surface area contributed by atoms with Crippen LogP contribution in [-0.2, 0) is 0 Å². The van der Waals surface area contributed by atoms with Gasteiger partial charge >= 0.3 is 0 Å². The summed E-state index contributed by atoms with van der Waals surface area (Å²) < 4.78 is 5.37. The maximum absolute atomic E-state index is 5.58. The van der Waals surface area contributed by atoms with Crippen molar-refractivity contribution in [3.05, 3.63) is 48.5 Å². The fourth-order valence-corrected chi connectivity index (χ4v) is 2.07. The Bertz CT molecular complexity index is 546. The monoisotopic (exact) mass is 227 g/mol. The largest absolute Gasteiger partial charge is 0.496 e. The van der Waals surface area contributed by atoms with Crippen molar-refractivity contribution in [1.82, 2.24) is 0 Å². The van der Waals surface area contributed by atoms with E-state index in [0.717, 1.165) is 28.7 Å². The highest BCUT2D eigenvalue weighted by molar-refractivity contribution is 5.97. The number of hydrogen-bond donors (Lipinski definition) is 1. The third-order valence-corrected chi connectivity index (χ3v) is 2.93. The summed E-state index contributed by atoms with van der Waals surface area (Å²) >= 11 is 0. The zero-order valence-corrected chi connectivity index (χ0v) is 10.1. The average Bonchev–Trinajstić information content (AvgIpc) is 2.37. The summed E-state index contributed by atoms with van der Waals surface area (Å²) in [5.74, 6) is 0.893. The smallest absolute Gasteiger partial charge is 0.126 e. The molecule has 0 spiro atoms. The number of ether oxygens (including phenoxy) is 1. The van der Waals surface area contributed by atoms with Crippen molar-refractivity contribution in [2.75, 3.05) is 13.7 Å². The predicted octanol–water partition coefficient (Wildman–Crippen LogP) is 3.21. The molecule has 0 aliphatic rings. The molecule has 88 valence electrons. The van der Waals surface area contributed by atoms with Gasteiger partial charge in [0.1, 0.15) is 5.75 Å². The van der Waals surface area contributed by atoms with E-state index in [2.05, 4.69) is 24.8 Å². The SMILES string of the molecule is C=C(CCN)c1ccc(OC)c2ccccc12. The lowest BCUT2D eigenvalue weighted by molar-refractivity contribution is 0.420. The molecule has 0 saturated carbocycles. The minimum Gasteiger partial charge on any atom is -0.496 e. The zero-order valence-electron chi connectivity index (χ0n) is 10.1. The first kappa shape index (κ1) is 11.7. The molecule has 2 nitrogen and oxygen atoms in total. The molecule has 0 aromatic heterocycles. The van der Waals surface area contributed by atoms with E-state index >= 15 is 0 Å². The lowest BCUT2D eigenvalue weighted by Gasteiger charge is -2.11. The van der Waals surface area contributed by atoms with E-state index in [1.807, 2.05) is 18.2 Å². The third kappa shape index (κ3) is 2.17. The fraction of sp³-hybridized carbons (Fsp3) is 0.200. The number of methoxy groups -OCH3 is 1. The molecule has 0 radical (unpaired) electrons. The average molecular weight is 227 g/mol. The molecule has 0 saturated heterocycles. The van der Waals surface area contributed by atoms with Crippen LogP contribution in [0.1, 0.15) is 12.0 Å². The van der Waals surface area contributed by atoms with Gasteiger partial charge in [-0.05, 0) is 35.6 Å². The van der Waals surface area contributed by atoms with E-state index in [1.54, 1.807) is 7.11 Å². The molecule has 2 aromatic carbocycles. The van der Waals surface area contributed by atoms with Crippen LogP contribution in [0.25, 0.3) is 16.3 Å². The van der Waals surface area contributed by atoms with Crippen LogP contribution in [0.4, 0.5) is 0 Å². The molecular formula is C15H17NO.